The lowest BCUT2D eigenvalue weighted by atomic mass is 9.96. The quantitative estimate of drug-likeness (QED) is 0.895. The van der Waals surface area contributed by atoms with E-state index < -0.39 is 0 Å². The Morgan fingerprint density at radius 2 is 2.13 bits per heavy atom. The molecule has 5 nitrogen and oxygen atoms in total. The predicted molar refractivity (Wildman–Crippen MR) is 92.4 cm³/mol. The van der Waals surface area contributed by atoms with Gasteiger partial charge < -0.3 is 16.0 Å². The number of anilines is 1. The van der Waals surface area contributed by atoms with E-state index in [1.807, 2.05) is 12.1 Å². The third kappa shape index (κ3) is 4.03. The van der Waals surface area contributed by atoms with Crippen LogP contribution in [0.1, 0.15) is 50.7 Å². The van der Waals surface area contributed by atoms with Crippen LogP contribution < -0.4 is 11.1 Å². The zero-order valence-electron chi connectivity index (χ0n) is 14.3. The fourth-order valence-corrected chi connectivity index (χ4v) is 3.13. The fraction of sp³-hybridized carbons (Fsp3) is 0.556. The average Bonchev–Trinajstić information content (AvgIpc) is 2.54. The summed E-state index contributed by atoms with van der Waals surface area (Å²) in [6.45, 7) is 7.40. The highest BCUT2D eigenvalue weighted by molar-refractivity contribution is 5.92. The summed E-state index contributed by atoms with van der Waals surface area (Å²) >= 11 is 0. The van der Waals surface area contributed by atoms with Crippen molar-refractivity contribution in [2.75, 3.05) is 18.4 Å². The summed E-state index contributed by atoms with van der Waals surface area (Å²) in [7, 11) is 0. The molecule has 1 aromatic rings. The van der Waals surface area contributed by atoms with Gasteiger partial charge in [0.05, 0.1) is 5.92 Å². The van der Waals surface area contributed by atoms with E-state index in [-0.39, 0.29) is 17.9 Å². The fourth-order valence-electron chi connectivity index (χ4n) is 3.13. The van der Waals surface area contributed by atoms with E-state index in [0.717, 1.165) is 36.1 Å². The molecule has 3 amide bonds. The van der Waals surface area contributed by atoms with Crippen molar-refractivity contribution < 1.29 is 9.59 Å². The molecule has 0 saturated carbocycles. The van der Waals surface area contributed by atoms with Gasteiger partial charge in [-0.15, -0.1) is 0 Å². The van der Waals surface area contributed by atoms with Gasteiger partial charge in [-0.05, 0) is 36.3 Å². The lowest BCUT2D eigenvalue weighted by molar-refractivity contribution is -0.123. The van der Waals surface area contributed by atoms with Crippen LogP contribution in [0.25, 0.3) is 0 Å². The minimum atomic E-state index is -0.320. The Morgan fingerprint density at radius 3 is 2.74 bits per heavy atom. The number of amides is 3. The van der Waals surface area contributed by atoms with Crippen molar-refractivity contribution in [3.8, 4) is 0 Å². The van der Waals surface area contributed by atoms with Crippen molar-refractivity contribution in [2.24, 2.45) is 11.7 Å². The van der Waals surface area contributed by atoms with Crippen molar-refractivity contribution in [1.29, 1.82) is 0 Å². The molecule has 1 aliphatic rings. The number of nitrogens with zero attached hydrogens (tertiary/aromatic N) is 1. The first kappa shape index (κ1) is 17.3. The van der Waals surface area contributed by atoms with Crippen molar-refractivity contribution in [3.63, 3.8) is 0 Å². The topological polar surface area (TPSA) is 75.4 Å². The molecular formula is C18H27N3O2. The maximum Gasteiger partial charge on any atom is 0.321 e. The van der Waals surface area contributed by atoms with Gasteiger partial charge in [-0.1, -0.05) is 39.0 Å². The number of piperidine rings is 1. The second-order valence-corrected chi connectivity index (χ2v) is 6.51. The normalized spacial score (nSPS) is 18.1. The van der Waals surface area contributed by atoms with Gasteiger partial charge in [0.15, 0.2) is 0 Å². The lowest BCUT2D eigenvalue weighted by Gasteiger charge is -2.32. The largest absolute Gasteiger partial charge is 0.369 e. The molecule has 1 atom stereocenters. The number of carbonyl (C=O) groups excluding carboxylic acids is 2. The first-order valence-corrected chi connectivity index (χ1v) is 8.41. The highest BCUT2D eigenvalue weighted by Gasteiger charge is 2.27. The average molecular weight is 317 g/mol. The second kappa shape index (κ2) is 7.49. The third-order valence-corrected chi connectivity index (χ3v) is 4.53. The summed E-state index contributed by atoms with van der Waals surface area (Å²) in [5, 5.41) is 3.08. The number of rotatable bonds is 4. The van der Waals surface area contributed by atoms with E-state index in [1.165, 1.54) is 0 Å². The third-order valence-electron chi connectivity index (χ3n) is 4.53. The van der Waals surface area contributed by atoms with E-state index >= 15 is 0 Å². The molecule has 0 spiro atoms. The Morgan fingerprint density at radius 1 is 1.39 bits per heavy atom. The summed E-state index contributed by atoms with van der Waals surface area (Å²) in [6, 6.07) is 6.00. The van der Waals surface area contributed by atoms with Gasteiger partial charge in [-0.3, -0.25) is 4.79 Å². The van der Waals surface area contributed by atoms with E-state index in [2.05, 4.69) is 32.2 Å². The first-order chi connectivity index (χ1) is 10.9. The number of hydrogen-bond acceptors (Lipinski definition) is 2. The van der Waals surface area contributed by atoms with Crippen LogP contribution in [0.15, 0.2) is 18.2 Å². The Kier molecular flexibility index (Phi) is 5.64. The molecule has 0 bridgehead atoms. The van der Waals surface area contributed by atoms with E-state index in [1.54, 1.807) is 4.90 Å². The Labute approximate surface area is 138 Å². The van der Waals surface area contributed by atoms with E-state index in [9.17, 15) is 9.59 Å². The zero-order chi connectivity index (χ0) is 17.0. The van der Waals surface area contributed by atoms with Gasteiger partial charge in [0.1, 0.15) is 0 Å². The van der Waals surface area contributed by atoms with Gasteiger partial charge in [0.2, 0.25) is 5.91 Å². The number of primary amides is 1. The molecule has 126 valence electrons. The highest BCUT2D eigenvalue weighted by atomic mass is 16.2. The number of nitrogens with two attached hydrogens (primary N) is 1. The number of aryl methyl sites for hydroxylation is 1. The summed E-state index contributed by atoms with van der Waals surface area (Å²) in [5.41, 5.74) is 8.58. The number of nitrogens with one attached hydrogen (secondary N) is 1. The molecule has 1 aliphatic heterocycles. The van der Waals surface area contributed by atoms with Crippen LogP contribution in [0.3, 0.4) is 0 Å². The number of benzene rings is 1. The molecule has 1 saturated heterocycles. The number of urea groups is 1. The van der Waals surface area contributed by atoms with Crippen molar-refractivity contribution >= 4 is 17.6 Å². The van der Waals surface area contributed by atoms with Crippen molar-refractivity contribution in [1.82, 2.24) is 4.90 Å². The Bertz CT molecular complexity index is 584. The van der Waals surface area contributed by atoms with E-state index in [4.69, 9.17) is 5.73 Å². The van der Waals surface area contributed by atoms with Gasteiger partial charge in [-0.2, -0.15) is 0 Å². The molecule has 1 aromatic carbocycles. The van der Waals surface area contributed by atoms with Crippen molar-refractivity contribution in [2.45, 2.75) is 46.0 Å². The minimum absolute atomic E-state index is 0.140. The lowest BCUT2D eigenvalue weighted by Crippen LogP contribution is -2.46. The second-order valence-electron chi connectivity index (χ2n) is 6.51. The number of hydrogen-bond donors (Lipinski definition) is 2. The monoisotopic (exact) mass is 317 g/mol. The maximum absolute atomic E-state index is 12.6. The molecular weight excluding hydrogens is 290 g/mol. The highest BCUT2D eigenvalue weighted by Crippen LogP contribution is 2.29. The Hall–Kier alpha value is -2.04. The molecule has 1 unspecified atom stereocenters. The summed E-state index contributed by atoms with van der Waals surface area (Å²) in [5.74, 6) is -0.226. The smallest absolute Gasteiger partial charge is 0.321 e. The molecule has 0 aliphatic carbocycles. The predicted octanol–water partition coefficient (Wildman–Crippen LogP) is 3.10. The molecule has 3 N–H and O–H groups in total. The molecule has 5 heteroatoms. The van der Waals surface area contributed by atoms with Crippen LogP contribution in [-0.2, 0) is 11.2 Å². The number of para-hydroxylation sites is 1. The van der Waals surface area contributed by atoms with Gasteiger partial charge in [-0.25, -0.2) is 4.79 Å². The van der Waals surface area contributed by atoms with Crippen LogP contribution in [0.2, 0.25) is 0 Å². The van der Waals surface area contributed by atoms with Crippen LogP contribution >= 0.6 is 0 Å². The van der Waals surface area contributed by atoms with E-state index in [0.29, 0.717) is 19.0 Å². The molecule has 0 aromatic heterocycles. The number of likely N-dealkylation sites (tertiary alicyclic amines) is 1. The van der Waals surface area contributed by atoms with Crippen LogP contribution in [-0.4, -0.2) is 29.9 Å². The number of carbonyl (C=O) groups is 2. The van der Waals surface area contributed by atoms with Crippen LogP contribution in [0.4, 0.5) is 10.5 Å². The minimum Gasteiger partial charge on any atom is -0.369 e. The summed E-state index contributed by atoms with van der Waals surface area (Å²) < 4.78 is 0. The zero-order valence-corrected chi connectivity index (χ0v) is 14.3. The van der Waals surface area contributed by atoms with Gasteiger partial charge in [0, 0.05) is 18.8 Å². The standard InChI is InChI=1S/C18H27N3O2/c1-4-13-7-5-9-15(12(2)3)16(13)20-18(23)21-10-6-8-14(11-21)17(19)22/h5,7,9,12,14H,4,6,8,10-11H2,1-3H3,(H2,19,22)(H,20,23). The van der Waals surface area contributed by atoms with Crippen LogP contribution in [0, 0.1) is 5.92 Å². The molecule has 1 fully saturated rings. The molecule has 23 heavy (non-hydrogen) atoms. The SMILES string of the molecule is CCc1cccc(C(C)C)c1NC(=O)N1CCCC(C(N)=O)C1. The molecule has 0 radical (unpaired) electrons. The van der Waals surface area contributed by atoms with Crippen LogP contribution in [0.5, 0.6) is 0 Å². The molecule has 1 heterocycles. The maximum atomic E-state index is 12.6. The van der Waals surface area contributed by atoms with Gasteiger partial charge in [0.25, 0.3) is 0 Å². The first-order valence-electron chi connectivity index (χ1n) is 8.41. The molecule has 2 rings (SSSR count). The summed E-state index contributed by atoms with van der Waals surface area (Å²) in [4.78, 5) is 25.7. The Balaban J connectivity index is 2.18. The van der Waals surface area contributed by atoms with Crippen molar-refractivity contribution in [3.05, 3.63) is 29.3 Å². The van der Waals surface area contributed by atoms with Gasteiger partial charge >= 0.3 is 6.03 Å². The summed E-state index contributed by atoms with van der Waals surface area (Å²) in [6.07, 6.45) is 2.44.